The van der Waals surface area contributed by atoms with E-state index in [1.807, 2.05) is 34.6 Å². The van der Waals surface area contributed by atoms with E-state index in [2.05, 4.69) is 0 Å². The third-order valence-electron chi connectivity index (χ3n) is 2.97. The minimum atomic E-state index is -0.483. The maximum atomic E-state index is 11.9. The molecule has 1 amide bonds. The number of likely N-dealkylation sites (tertiary alicyclic amines) is 1. The number of piperidine rings is 1. The van der Waals surface area contributed by atoms with Gasteiger partial charge in [-0.1, -0.05) is 13.8 Å². The van der Waals surface area contributed by atoms with E-state index in [1.54, 1.807) is 4.90 Å². The van der Waals surface area contributed by atoms with Crippen LogP contribution in [0.5, 0.6) is 0 Å². The summed E-state index contributed by atoms with van der Waals surface area (Å²) in [7, 11) is 0. The molecule has 1 rings (SSSR count). The van der Waals surface area contributed by atoms with Gasteiger partial charge in [-0.25, -0.2) is 4.79 Å². The number of rotatable bonds is 1. The van der Waals surface area contributed by atoms with Gasteiger partial charge in [-0.3, -0.25) is 4.79 Å². The van der Waals surface area contributed by atoms with Crippen molar-refractivity contribution in [2.24, 2.45) is 11.8 Å². The van der Waals surface area contributed by atoms with Crippen LogP contribution in [0.1, 0.15) is 41.0 Å². The Labute approximate surface area is 103 Å². The molecule has 0 aromatic carbocycles. The largest absolute Gasteiger partial charge is 0.444 e. The molecule has 0 aromatic rings. The van der Waals surface area contributed by atoms with Crippen LogP contribution in [0.2, 0.25) is 0 Å². The molecule has 1 fully saturated rings. The van der Waals surface area contributed by atoms with Crippen molar-refractivity contribution in [2.75, 3.05) is 13.1 Å². The smallest absolute Gasteiger partial charge is 0.410 e. The van der Waals surface area contributed by atoms with Crippen molar-refractivity contribution >= 4 is 11.9 Å². The van der Waals surface area contributed by atoms with Crippen LogP contribution >= 0.6 is 0 Å². The van der Waals surface area contributed by atoms with Crippen molar-refractivity contribution in [2.45, 2.75) is 46.6 Å². The van der Waals surface area contributed by atoms with Gasteiger partial charge < -0.3 is 9.64 Å². The van der Waals surface area contributed by atoms with Gasteiger partial charge in [-0.05, 0) is 27.2 Å². The summed E-state index contributed by atoms with van der Waals surface area (Å²) >= 11 is 0. The summed E-state index contributed by atoms with van der Waals surface area (Å²) in [6.45, 7) is 10.4. The van der Waals surface area contributed by atoms with E-state index in [0.717, 1.165) is 6.42 Å². The average molecular weight is 241 g/mol. The molecule has 0 aliphatic carbocycles. The number of ketones is 1. The van der Waals surface area contributed by atoms with Crippen LogP contribution in [-0.2, 0) is 9.53 Å². The van der Waals surface area contributed by atoms with Crippen molar-refractivity contribution in [3.63, 3.8) is 0 Å². The number of hydrogen-bond acceptors (Lipinski definition) is 3. The monoisotopic (exact) mass is 241 g/mol. The molecule has 0 N–H and O–H groups in total. The number of ether oxygens (including phenoxy) is 1. The Hall–Kier alpha value is -1.06. The second-order valence-corrected chi connectivity index (χ2v) is 5.79. The number of nitrogens with zero attached hydrogens (tertiary/aromatic N) is 1. The standard InChI is InChI=1S/C13H23NO3/c1-6-10-8-14(7-9(2)11(10)15)12(16)17-13(3,4)5/h9-10H,6-8H2,1-5H3. The highest BCUT2D eigenvalue weighted by Gasteiger charge is 2.35. The van der Waals surface area contributed by atoms with Gasteiger partial charge in [-0.15, -0.1) is 0 Å². The molecular formula is C13H23NO3. The van der Waals surface area contributed by atoms with Gasteiger partial charge in [0.15, 0.2) is 0 Å². The van der Waals surface area contributed by atoms with Gasteiger partial charge >= 0.3 is 6.09 Å². The Bertz CT molecular complexity index is 306. The molecule has 0 aromatic heterocycles. The lowest BCUT2D eigenvalue weighted by Gasteiger charge is -2.35. The van der Waals surface area contributed by atoms with Crippen LogP contribution < -0.4 is 0 Å². The predicted octanol–water partition coefficient (Wildman–Crippen LogP) is 2.47. The van der Waals surface area contributed by atoms with E-state index in [4.69, 9.17) is 4.74 Å². The zero-order valence-electron chi connectivity index (χ0n) is 11.4. The molecule has 2 atom stereocenters. The molecule has 1 saturated heterocycles. The van der Waals surface area contributed by atoms with E-state index in [0.29, 0.717) is 13.1 Å². The minimum Gasteiger partial charge on any atom is -0.444 e. The molecule has 0 spiro atoms. The SMILES string of the molecule is CCC1CN(C(=O)OC(C)(C)C)CC(C)C1=O. The Morgan fingerprint density at radius 1 is 1.41 bits per heavy atom. The fourth-order valence-corrected chi connectivity index (χ4v) is 2.06. The maximum Gasteiger partial charge on any atom is 0.410 e. The van der Waals surface area contributed by atoms with E-state index in [-0.39, 0.29) is 23.7 Å². The molecule has 17 heavy (non-hydrogen) atoms. The van der Waals surface area contributed by atoms with Crippen LogP contribution in [0.4, 0.5) is 4.79 Å². The summed E-state index contributed by atoms with van der Waals surface area (Å²) in [5.74, 6) is 0.153. The summed E-state index contributed by atoms with van der Waals surface area (Å²) < 4.78 is 5.33. The predicted molar refractivity (Wildman–Crippen MR) is 65.8 cm³/mol. The molecule has 1 aliphatic rings. The third-order valence-corrected chi connectivity index (χ3v) is 2.97. The first-order chi connectivity index (χ1) is 7.74. The van der Waals surface area contributed by atoms with Gasteiger partial charge in [0.2, 0.25) is 0 Å². The van der Waals surface area contributed by atoms with Gasteiger partial charge in [0, 0.05) is 24.9 Å². The van der Waals surface area contributed by atoms with Gasteiger partial charge in [0.1, 0.15) is 11.4 Å². The number of carbonyl (C=O) groups excluding carboxylic acids is 2. The Morgan fingerprint density at radius 2 is 2.00 bits per heavy atom. The van der Waals surface area contributed by atoms with E-state index in [1.165, 1.54) is 0 Å². The van der Waals surface area contributed by atoms with Crippen molar-refractivity contribution in [1.82, 2.24) is 4.90 Å². The molecule has 0 bridgehead atoms. The Kier molecular flexibility index (Phi) is 4.17. The molecule has 1 aliphatic heterocycles. The highest BCUT2D eigenvalue weighted by molar-refractivity contribution is 5.85. The second-order valence-electron chi connectivity index (χ2n) is 5.79. The van der Waals surface area contributed by atoms with Crippen LogP contribution in [0.3, 0.4) is 0 Å². The molecule has 0 saturated carbocycles. The Morgan fingerprint density at radius 3 is 2.47 bits per heavy atom. The second kappa shape index (κ2) is 5.07. The molecule has 4 nitrogen and oxygen atoms in total. The summed E-state index contributed by atoms with van der Waals surface area (Å²) in [5.41, 5.74) is -0.483. The third kappa shape index (κ3) is 3.72. The number of amides is 1. The van der Waals surface area contributed by atoms with Gasteiger partial charge in [0.25, 0.3) is 0 Å². The molecule has 4 heteroatoms. The fraction of sp³-hybridized carbons (Fsp3) is 0.846. The summed E-state index contributed by atoms with van der Waals surface area (Å²) in [6, 6.07) is 0. The van der Waals surface area contributed by atoms with Crippen LogP contribution in [-0.4, -0.2) is 35.5 Å². The van der Waals surface area contributed by atoms with Crippen molar-refractivity contribution < 1.29 is 14.3 Å². The van der Waals surface area contributed by atoms with Crippen molar-refractivity contribution in [1.29, 1.82) is 0 Å². The highest BCUT2D eigenvalue weighted by Crippen LogP contribution is 2.22. The van der Waals surface area contributed by atoms with E-state index < -0.39 is 5.60 Å². The highest BCUT2D eigenvalue weighted by atomic mass is 16.6. The Balaban J connectivity index is 2.67. The molecule has 0 radical (unpaired) electrons. The van der Waals surface area contributed by atoms with Gasteiger partial charge in [0.05, 0.1) is 0 Å². The average Bonchev–Trinajstić information content (AvgIpc) is 2.19. The first-order valence-electron chi connectivity index (χ1n) is 6.26. The summed E-state index contributed by atoms with van der Waals surface area (Å²) in [4.78, 5) is 25.4. The topological polar surface area (TPSA) is 46.6 Å². The number of Topliss-reactive ketones (excluding diaryl/α,β-unsaturated/α-hetero) is 1. The number of carbonyl (C=O) groups is 2. The zero-order chi connectivity index (χ0) is 13.2. The summed E-state index contributed by atoms with van der Waals surface area (Å²) in [6.07, 6.45) is 0.470. The number of hydrogen-bond donors (Lipinski definition) is 0. The molecule has 1 heterocycles. The zero-order valence-corrected chi connectivity index (χ0v) is 11.4. The molecule has 98 valence electrons. The minimum absolute atomic E-state index is 0.0359. The maximum absolute atomic E-state index is 11.9. The fourth-order valence-electron chi connectivity index (χ4n) is 2.06. The van der Waals surface area contributed by atoms with Crippen LogP contribution in [0.15, 0.2) is 0 Å². The lowest BCUT2D eigenvalue weighted by Crippen LogP contribution is -2.49. The van der Waals surface area contributed by atoms with Crippen molar-refractivity contribution in [3.05, 3.63) is 0 Å². The quantitative estimate of drug-likeness (QED) is 0.708. The summed E-state index contributed by atoms with van der Waals surface area (Å²) in [5, 5.41) is 0. The molecule has 2 unspecified atom stereocenters. The normalized spacial score (nSPS) is 25.9. The van der Waals surface area contributed by atoms with E-state index >= 15 is 0 Å². The van der Waals surface area contributed by atoms with E-state index in [9.17, 15) is 9.59 Å². The lowest BCUT2D eigenvalue weighted by atomic mass is 9.87. The first kappa shape index (κ1) is 14.0. The first-order valence-corrected chi connectivity index (χ1v) is 6.26. The van der Waals surface area contributed by atoms with Crippen molar-refractivity contribution in [3.8, 4) is 0 Å². The van der Waals surface area contributed by atoms with Crippen LogP contribution in [0.25, 0.3) is 0 Å². The van der Waals surface area contributed by atoms with Crippen LogP contribution in [0, 0.1) is 11.8 Å². The molecular weight excluding hydrogens is 218 g/mol. The lowest BCUT2D eigenvalue weighted by molar-refractivity contribution is -0.130. The van der Waals surface area contributed by atoms with Gasteiger partial charge in [-0.2, -0.15) is 0 Å².